The van der Waals surface area contributed by atoms with E-state index in [9.17, 15) is 0 Å². The number of para-hydroxylation sites is 1. The van der Waals surface area contributed by atoms with Crippen molar-refractivity contribution < 1.29 is 4.74 Å². The van der Waals surface area contributed by atoms with Crippen molar-refractivity contribution in [2.75, 3.05) is 45.2 Å². The Morgan fingerprint density at radius 2 is 2.09 bits per heavy atom. The van der Waals surface area contributed by atoms with Gasteiger partial charge in [0.1, 0.15) is 5.82 Å². The molecule has 1 N–H and O–H groups in total. The zero-order valence-electron chi connectivity index (χ0n) is 13.6. The van der Waals surface area contributed by atoms with E-state index in [1.807, 2.05) is 12.1 Å². The predicted octanol–water partition coefficient (Wildman–Crippen LogP) is 3.77. The van der Waals surface area contributed by atoms with Crippen LogP contribution >= 0.6 is 15.9 Å². The zero-order valence-corrected chi connectivity index (χ0v) is 15.2. The lowest BCUT2D eigenvalue weighted by atomic mass is 9.97. The summed E-state index contributed by atoms with van der Waals surface area (Å²) in [5.41, 5.74) is 1.02. The number of piperidine rings is 1. The Labute approximate surface area is 146 Å². The minimum Gasteiger partial charge on any atom is -0.383 e. The van der Waals surface area contributed by atoms with E-state index in [4.69, 9.17) is 9.72 Å². The average molecular weight is 378 g/mol. The number of hydrogen-bond donors (Lipinski definition) is 1. The van der Waals surface area contributed by atoms with Crippen molar-refractivity contribution >= 4 is 32.7 Å². The first-order valence-electron chi connectivity index (χ1n) is 8.26. The monoisotopic (exact) mass is 377 g/mol. The smallest absolute Gasteiger partial charge is 0.126 e. The zero-order chi connectivity index (χ0) is 16.1. The fourth-order valence-electron chi connectivity index (χ4n) is 3.09. The van der Waals surface area contributed by atoms with Crippen LogP contribution < -0.4 is 5.32 Å². The van der Waals surface area contributed by atoms with E-state index >= 15 is 0 Å². The molecule has 0 radical (unpaired) electrons. The number of methoxy groups -OCH3 is 1. The van der Waals surface area contributed by atoms with Gasteiger partial charge in [0.15, 0.2) is 0 Å². The van der Waals surface area contributed by atoms with Gasteiger partial charge in [0.05, 0.1) is 12.1 Å². The highest BCUT2D eigenvalue weighted by Gasteiger charge is 2.18. The molecule has 1 aromatic carbocycles. The molecule has 1 aliphatic heterocycles. The van der Waals surface area contributed by atoms with Crippen LogP contribution in [-0.2, 0) is 4.74 Å². The largest absolute Gasteiger partial charge is 0.383 e. The van der Waals surface area contributed by atoms with Gasteiger partial charge in [-0.25, -0.2) is 4.98 Å². The fourth-order valence-corrected chi connectivity index (χ4v) is 3.56. The molecule has 2 aromatic rings. The van der Waals surface area contributed by atoms with E-state index in [0.717, 1.165) is 46.8 Å². The normalized spacial score (nSPS) is 16.8. The van der Waals surface area contributed by atoms with Crippen LogP contribution in [0.5, 0.6) is 0 Å². The maximum absolute atomic E-state index is 5.16. The molecule has 2 heterocycles. The van der Waals surface area contributed by atoms with E-state index < -0.39 is 0 Å². The maximum atomic E-state index is 5.16. The van der Waals surface area contributed by atoms with E-state index in [-0.39, 0.29) is 0 Å². The van der Waals surface area contributed by atoms with Crippen LogP contribution in [0.2, 0.25) is 0 Å². The molecular formula is C18H24BrN3O. The highest BCUT2D eigenvalue weighted by Crippen LogP contribution is 2.24. The van der Waals surface area contributed by atoms with Crippen molar-refractivity contribution in [2.24, 2.45) is 5.92 Å². The number of fused-ring (bicyclic) bond motifs is 1. The van der Waals surface area contributed by atoms with E-state index in [0.29, 0.717) is 0 Å². The van der Waals surface area contributed by atoms with Gasteiger partial charge < -0.3 is 15.0 Å². The first-order valence-corrected chi connectivity index (χ1v) is 9.06. The van der Waals surface area contributed by atoms with Gasteiger partial charge in [0.25, 0.3) is 0 Å². The van der Waals surface area contributed by atoms with Crippen molar-refractivity contribution in [1.29, 1.82) is 0 Å². The summed E-state index contributed by atoms with van der Waals surface area (Å²) in [4.78, 5) is 7.22. The van der Waals surface area contributed by atoms with Crippen molar-refractivity contribution in [3.63, 3.8) is 0 Å². The van der Waals surface area contributed by atoms with Crippen LogP contribution in [0.1, 0.15) is 12.8 Å². The molecule has 1 aromatic heterocycles. The van der Waals surface area contributed by atoms with Crippen molar-refractivity contribution in [2.45, 2.75) is 12.8 Å². The number of benzene rings is 1. The van der Waals surface area contributed by atoms with Crippen molar-refractivity contribution in [1.82, 2.24) is 9.88 Å². The Bertz CT molecular complexity index is 641. The summed E-state index contributed by atoms with van der Waals surface area (Å²) in [6.07, 6.45) is 2.49. The first kappa shape index (κ1) is 16.7. The fraction of sp³-hybridized carbons (Fsp3) is 0.500. The molecule has 23 heavy (non-hydrogen) atoms. The number of hydrogen-bond acceptors (Lipinski definition) is 4. The molecule has 0 atom stereocenters. The Morgan fingerprint density at radius 1 is 1.26 bits per heavy atom. The number of anilines is 1. The van der Waals surface area contributed by atoms with Gasteiger partial charge in [-0.3, -0.25) is 0 Å². The minimum atomic E-state index is 0.727. The molecule has 0 saturated carbocycles. The highest BCUT2D eigenvalue weighted by molar-refractivity contribution is 9.10. The summed E-state index contributed by atoms with van der Waals surface area (Å²) in [5, 5.41) is 4.68. The molecular weight excluding hydrogens is 354 g/mol. The third kappa shape index (κ3) is 4.43. The first-order chi connectivity index (χ1) is 11.3. The van der Waals surface area contributed by atoms with Crippen LogP contribution in [0.15, 0.2) is 34.8 Å². The van der Waals surface area contributed by atoms with Crippen LogP contribution in [0, 0.1) is 5.92 Å². The molecule has 0 aliphatic carbocycles. The van der Waals surface area contributed by atoms with Crippen molar-refractivity contribution in [3.05, 3.63) is 34.8 Å². The quantitative estimate of drug-likeness (QED) is 0.831. The third-order valence-corrected chi connectivity index (χ3v) is 5.20. The number of halogens is 1. The van der Waals surface area contributed by atoms with E-state index in [1.165, 1.54) is 25.9 Å². The molecule has 0 unspecified atom stereocenters. The number of pyridine rings is 1. The summed E-state index contributed by atoms with van der Waals surface area (Å²) in [6.45, 7) is 5.23. The van der Waals surface area contributed by atoms with Gasteiger partial charge in [-0.15, -0.1) is 0 Å². The Hall–Kier alpha value is -1.17. The van der Waals surface area contributed by atoms with Crippen LogP contribution in [0.4, 0.5) is 5.82 Å². The number of likely N-dealkylation sites (tertiary alicyclic amines) is 1. The molecule has 1 fully saturated rings. The minimum absolute atomic E-state index is 0.727. The Kier molecular flexibility index (Phi) is 5.86. The molecule has 5 heteroatoms. The van der Waals surface area contributed by atoms with Crippen molar-refractivity contribution in [3.8, 4) is 0 Å². The highest BCUT2D eigenvalue weighted by atomic mass is 79.9. The number of nitrogens with one attached hydrogen (secondary N) is 1. The van der Waals surface area contributed by atoms with Crippen LogP contribution in [0.3, 0.4) is 0 Å². The summed E-state index contributed by atoms with van der Waals surface area (Å²) >= 11 is 3.58. The van der Waals surface area contributed by atoms with Gasteiger partial charge in [-0.05, 0) is 66.0 Å². The second-order valence-electron chi connectivity index (χ2n) is 6.17. The molecule has 0 bridgehead atoms. The second kappa shape index (κ2) is 8.08. The van der Waals surface area contributed by atoms with E-state index in [2.05, 4.69) is 44.3 Å². The lowest BCUT2D eigenvalue weighted by Gasteiger charge is -2.31. The summed E-state index contributed by atoms with van der Waals surface area (Å²) in [5.74, 6) is 1.69. The summed E-state index contributed by atoms with van der Waals surface area (Å²) in [6, 6.07) is 10.4. The Balaban J connectivity index is 1.52. The third-order valence-electron chi connectivity index (χ3n) is 4.56. The molecule has 0 spiro atoms. The summed E-state index contributed by atoms with van der Waals surface area (Å²) < 4.78 is 6.20. The predicted molar refractivity (Wildman–Crippen MR) is 99.0 cm³/mol. The van der Waals surface area contributed by atoms with Gasteiger partial charge in [-0.2, -0.15) is 0 Å². The topological polar surface area (TPSA) is 37.4 Å². The second-order valence-corrected chi connectivity index (χ2v) is 7.02. The SMILES string of the molecule is COCCN1CCC(CNc2ccc3cccc(Br)c3n2)CC1. The number of ether oxygens (including phenoxy) is 1. The lowest BCUT2D eigenvalue weighted by molar-refractivity contribution is 0.122. The molecule has 1 saturated heterocycles. The van der Waals surface area contributed by atoms with Gasteiger partial charge >= 0.3 is 0 Å². The molecule has 1 aliphatic rings. The summed E-state index contributed by atoms with van der Waals surface area (Å²) in [7, 11) is 1.77. The number of aromatic nitrogens is 1. The lowest BCUT2D eigenvalue weighted by Crippen LogP contribution is -2.37. The Morgan fingerprint density at radius 3 is 2.87 bits per heavy atom. The molecule has 4 nitrogen and oxygen atoms in total. The molecule has 3 rings (SSSR count). The standard InChI is InChI=1S/C18H24BrN3O/c1-23-12-11-22-9-7-14(8-10-22)13-20-17-6-5-15-3-2-4-16(19)18(15)21-17/h2-6,14H,7-13H2,1H3,(H,20,21). The maximum Gasteiger partial charge on any atom is 0.126 e. The van der Waals surface area contributed by atoms with Gasteiger partial charge in [0, 0.05) is 30.1 Å². The molecule has 124 valence electrons. The molecule has 0 amide bonds. The van der Waals surface area contributed by atoms with E-state index in [1.54, 1.807) is 7.11 Å². The average Bonchev–Trinajstić information content (AvgIpc) is 2.59. The van der Waals surface area contributed by atoms with Gasteiger partial charge in [0.2, 0.25) is 0 Å². The van der Waals surface area contributed by atoms with Crippen LogP contribution in [0.25, 0.3) is 10.9 Å². The number of nitrogens with zero attached hydrogens (tertiary/aromatic N) is 2. The van der Waals surface area contributed by atoms with Crippen LogP contribution in [-0.4, -0.2) is 49.8 Å². The number of rotatable bonds is 6. The van der Waals surface area contributed by atoms with Gasteiger partial charge in [-0.1, -0.05) is 12.1 Å².